The first-order chi connectivity index (χ1) is 9.97. The smallest absolute Gasteiger partial charge is 0.238 e. The fourth-order valence-electron chi connectivity index (χ4n) is 2.62. The van der Waals surface area contributed by atoms with Crippen molar-refractivity contribution < 1.29 is 8.42 Å². The van der Waals surface area contributed by atoms with Crippen molar-refractivity contribution in [3.05, 3.63) is 53.6 Å². The number of sulfonamides is 1. The number of anilines is 1. The van der Waals surface area contributed by atoms with E-state index in [1.807, 2.05) is 24.3 Å². The van der Waals surface area contributed by atoms with E-state index in [0.717, 1.165) is 28.9 Å². The summed E-state index contributed by atoms with van der Waals surface area (Å²) in [4.78, 5) is 0.173. The lowest BCUT2D eigenvalue weighted by molar-refractivity contribution is 0.597. The fraction of sp³-hybridized carbons (Fsp3) is 0.125. The quantitative estimate of drug-likeness (QED) is 0.895. The average molecular weight is 300 g/mol. The Labute approximate surface area is 124 Å². The number of benzene rings is 2. The minimum atomic E-state index is -3.71. The van der Waals surface area contributed by atoms with Crippen molar-refractivity contribution in [3.63, 3.8) is 0 Å². The SMILES string of the molecule is Cc1c(-c2ccc3c(c2)C=CCN3)cccc1S(N)(=O)=O. The number of hydrogen-bond acceptors (Lipinski definition) is 3. The lowest BCUT2D eigenvalue weighted by Crippen LogP contribution is -2.14. The number of nitrogens with one attached hydrogen (secondary N) is 1. The predicted molar refractivity (Wildman–Crippen MR) is 85.5 cm³/mol. The van der Waals surface area contributed by atoms with Crippen LogP contribution in [0.25, 0.3) is 17.2 Å². The Morgan fingerprint density at radius 1 is 1.19 bits per heavy atom. The van der Waals surface area contributed by atoms with E-state index < -0.39 is 10.0 Å². The lowest BCUT2D eigenvalue weighted by Gasteiger charge is -2.16. The van der Waals surface area contributed by atoms with E-state index in [1.165, 1.54) is 6.07 Å². The van der Waals surface area contributed by atoms with Gasteiger partial charge in [0.1, 0.15) is 0 Å². The summed E-state index contributed by atoms with van der Waals surface area (Å²) < 4.78 is 23.3. The second-order valence-electron chi connectivity index (χ2n) is 5.06. The van der Waals surface area contributed by atoms with Gasteiger partial charge in [0.15, 0.2) is 0 Å². The van der Waals surface area contributed by atoms with Crippen molar-refractivity contribution in [2.75, 3.05) is 11.9 Å². The van der Waals surface area contributed by atoms with Crippen molar-refractivity contribution in [1.29, 1.82) is 0 Å². The first-order valence-electron chi connectivity index (χ1n) is 6.64. The molecule has 0 fully saturated rings. The molecule has 1 aliphatic heterocycles. The van der Waals surface area contributed by atoms with Gasteiger partial charge in [0.25, 0.3) is 0 Å². The fourth-order valence-corrected chi connectivity index (χ4v) is 3.42. The maximum absolute atomic E-state index is 11.6. The monoisotopic (exact) mass is 300 g/mol. The van der Waals surface area contributed by atoms with Crippen LogP contribution in [0.1, 0.15) is 11.1 Å². The molecule has 3 N–H and O–H groups in total. The topological polar surface area (TPSA) is 72.2 Å². The highest BCUT2D eigenvalue weighted by molar-refractivity contribution is 7.89. The second-order valence-corrected chi connectivity index (χ2v) is 6.59. The van der Waals surface area contributed by atoms with Crippen LogP contribution in [0.3, 0.4) is 0 Å². The van der Waals surface area contributed by atoms with Gasteiger partial charge in [-0.2, -0.15) is 0 Å². The molecule has 3 rings (SSSR count). The summed E-state index contributed by atoms with van der Waals surface area (Å²) in [6.45, 7) is 2.61. The Kier molecular flexibility index (Phi) is 3.31. The summed E-state index contributed by atoms with van der Waals surface area (Å²) in [5.74, 6) is 0. The molecule has 0 spiro atoms. The number of hydrogen-bond donors (Lipinski definition) is 2. The first-order valence-corrected chi connectivity index (χ1v) is 8.19. The summed E-state index contributed by atoms with van der Waals surface area (Å²) in [6, 6.07) is 11.2. The number of primary sulfonamides is 1. The largest absolute Gasteiger partial charge is 0.381 e. The van der Waals surface area contributed by atoms with Crippen molar-refractivity contribution in [1.82, 2.24) is 0 Å². The molecule has 0 unspecified atom stereocenters. The molecule has 2 aromatic carbocycles. The zero-order valence-corrected chi connectivity index (χ0v) is 12.4. The molecule has 0 radical (unpaired) electrons. The second kappa shape index (κ2) is 5.02. The summed E-state index contributed by atoms with van der Waals surface area (Å²) in [7, 11) is -3.71. The molecule has 1 heterocycles. The van der Waals surface area contributed by atoms with E-state index in [4.69, 9.17) is 5.14 Å². The van der Waals surface area contributed by atoms with Gasteiger partial charge >= 0.3 is 0 Å². The third-order valence-corrected chi connectivity index (χ3v) is 4.72. The highest BCUT2D eigenvalue weighted by Crippen LogP contribution is 2.31. The summed E-state index contributed by atoms with van der Waals surface area (Å²) in [5.41, 5.74) is 4.71. The Bertz CT molecular complexity index is 839. The highest BCUT2D eigenvalue weighted by Gasteiger charge is 2.15. The zero-order chi connectivity index (χ0) is 15.0. The molecule has 5 heteroatoms. The third-order valence-electron chi connectivity index (χ3n) is 3.66. The molecule has 0 saturated carbocycles. The molecule has 0 aliphatic carbocycles. The molecule has 0 aromatic heterocycles. The molecule has 0 bridgehead atoms. The van der Waals surface area contributed by atoms with Gasteiger partial charge in [-0.15, -0.1) is 0 Å². The van der Waals surface area contributed by atoms with E-state index in [9.17, 15) is 8.42 Å². The van der Waals surface area contributed by atoms with Crippen LogP contribution in [0.15, 0.2) is 47.4 Å². The molecule has 108 valence electrons. The number of rotatable bonds is 2. The molecule has 0 atom stereocenters. The summed E-state index contributed by atoms with van der Waals surface area (Å²) in [6.07, 6.45) is 4.12. The Balaban J connectivity index is 2.16. The maximum atomic E-state index is 11.6. The highest BCUT2D eigenvalue weighted by atomic mass is 32.2. The average Bonchev–Trinajstić information content (AvgIpc) is 2.46. The minimum Gasteiger partial charge on any atom is -0.381 e. The van der Waals surface area contributed by atoms with Crippen molar-refractivity contribution >= 4 is 21.8 Å². The van der Waals surface area contributed by atoms with Gasteiger partial charge in [-0.05, 0) is 47.4 Å². The molecule has 4 nitrogen and oxygen atoms in total. The lowest BCUT2D eigenvalue weighted by atomic mass is 9.97. The standard InChI is InChI=1S/C16H16N2O2S/c1-11-14(5-2-6-16(11)21(17,19)20)12-7-8-15-13(10-12)4-3-9-18-15/h2-8,10,18H,9H2,1H3,(H2,17,19,20). The van der Waals surface area contributed by atoms with Crippen LogP contribution in [0.4, 0.5) is 5.69 Å². The van der Waals surface area contributed by atoms with Gasteiger partial charge in [-0.25, -0.2) is 13.6 Å². The Hall–Kier alpha value is -2.11. The molecule has 21 heavy (non-hydrogen) atoms. The summed E-state index contributed by atoms with van der Waals surface area (Å²) in [5, 5.41) is 8.56. The van der Waals surface area contributed by atoms with Crippen LogP contribution in [-0.2, 0) is 10.0 Å². The van der Waals surface area contributed by atoms with Crippen LogP contribution in [0.5, 0.6) is 0 Å². The van der Waals surface area contributed by atoms with Gasteiger partial charge in [0, 0.05) is 12.2 Å². The Morgan fingerprint density at radius 3 is 2.76 bits per heavy atom. The number of fused-ring (bicyclic) bond motifs is 1. The zero-order valence-electron chi connectivity index (χ0n) is 11.6. The normalized spacial score (nSPS) is 13.6. The first kappa shape index (κ1) is 13.9. The van der Waals surface area contributed by atoms with E-state index >= 15 is 0 Å². The van der Waals surface area contributed by atoms with Gasteiger partial charge in [0.05, 0.1) is 4.90 Å². The molecule has 0 amide bonds. The molecule has 2 aromatic rings. The van der Waals surface area contributed by atoms with Gasteiger partial charge in [0.2, 0.25) is 10.0 Å². The van der Waals surface area contributed by atoms with Gasteiger partial charge in [-0.1, -0.05) is 30.4 Å². The van der Waals surface area contributed by atoms with Crippen LogP contribution in [0, 0.1) is 6.92 Å². The molecule has 0 saturated heterocycles. The van der Waals surface area contributed by atoms with E-state index in [-0.39, 0.29) is 4.90 Å². The summed E-state index contributed by atoms with van der Waals surface area (Å²) >= 11 is 0. The van der Waals surface area contributed by atoms with Crippen LogP contribution in [0.2, 0.25) is 0 Å². The van der Waals surface area contributed by atoms with Crippen molar-refractivity contribution in [2.24, 2.45) is 5.14 Å². The maximum Gasteiger partial charge on any atom is 0.238 e. The van der Waals surface area contributed by atoms with E-state index in [0.29, 0.717) is 5.56 Å². The van der Waals surface area contributed by atoms with Crippen LogP contribution >= 0.6 is 0 Å². The van der Waals surface area contributed by atoms with Crippen molar-refractivity contribution in [3.8, 4) is 11.1 Å². The van der Waals surface area contributed by atoms with E-state index in [2.05, 4.69) is 17.5 Å². The molecule has 1 aliphatic rings. The van der Waals surface area contributed by atoms with Crippen LogP contribution < -0.4 is 10.5 Å². The molecular weight excluding hydrogens is 284 g/mol. The van der Waals surface area contributed by atoms with Gasteiger partial charge in [-0.3, -0.25) is 0 Å². The minimum absolute atomic E-state index is 0.173. The molecular formula is C16H16N2O2S. The predicted octanol–water partition coefficient (Wildman–Crippen LogP) is 2.75. The van der Waals surface area contributed by atoms with Crippen LogP contribution in [-0.4, -0.2) is 15.0 Å². The van der Waals surface area contributed by atoms with Gasteiger partial charge < -0.3 is 5.32 Å². The number of nitrogens with two attached hydrogens (primary N) is 1. The third kappa shape index (κ3) is 2.57. The Morgan fingerprint density at radius 2 is 2.00 bits per heavy atom. The van der Waals surface area contributed by atoms with Crippen molar-refractivity contribution in [2.45, 2.75) is 11.8 Å². The van der Waals surface area contributed by atoms with E-state index in [1.54, 1.807) is 13.0 Å².